The summed E-state index contributed by atoms with van der Waals surface area (Å²) in [5.41, 5.74) is 1.24. The highest BCUT2D eigenvalue weighted by molar-refractivity contribution is 5.75. The van der Waals surface area contributed by atoms with Crippen molar-refractivity contribution < 1.29 is 15.0 Å². The van der Waals surface area contributed by atoms with Crippen molar-refractivity contribution in [2.24, 2.45) is 5.92 Å². The van der Waals surface area contributed by atoms with E-state index in [9.17, 15) is 15.0 Å². The fourth-order valence-electron chi connectivity index (χ4n) is 2.23. The molecule has 3 heteroatoms. The molecule has 0 saturated heterocycles. The Morgan fingerprint density at radius 2 is 1.89 bits per heavy atom. The second-order valence-corrected chi connectivity index (χ2v) is 5.36. The largest absolute Gasteiger partial charge is 0.508 e. The summed E-state index contributed by atoms with van der Waals surface area (Å²) < 4.78 is 0. The molecule has 0 aromatic heterocycles. The van der Waals surface area contributed by atoms with Gasteiger partial charge in [-0.1, -0.05) is 32.9 Å². The lowest BCUT2D eigenvalue weighted by atomic mass is 9.90. The fourth-order valence-corrected chi connectivity index (χ4v) is 2.23. The van der Waals surface area contributed by atoms with Crippen molar-refractivity contribution in [2.75, 3.05) is 0 Å². The molecule has 2 N–H and O–H groups in total. The number of hydrogen-bond acceptors (Lipinski definition) is 3. The Hall–Kier alpha value is -1.35. The third-order valence-corrected chi connectivity index (χ3v) is 3.09. The fraction of sp³-hybridized carbons (Fsp3) is 0.533. The van der Waals surface area contributed by atoms with Crippen LogP contribution >= 0.6 is 0 Å². The van der Waals surface area contributed by atoms with Gasteiger partial charge in [0.05, 0.1) is 6.10 Å². The molecule has 0 saturated carbocycles. The van der Waals surface area contributed by atoms with Crippen LogP contribution in [-0.4, -0.2) is 22.6 Å². The average molecular weight is 250 g/mol. The highest BCUT2D eigenvalue weighted by Gasteiger charge is 2.16. The summed E-state index contributed by atoms with van der Waals surface area (Å²) >= 11 is 0. The molecule has 0 radical (unpaired) electrons. The SMILES string of the molecule is CC(C)C[C@H](O)C[C@H](C)c1ccc(C=O)cc1O. The highest BCUT2D eigenvalue weighted by atomic mass is 16.3. The van der Waals surface area contributed by atoms with E-state index in [-0.39, 0.29) is 17.8 Å². The van der Waals surface area contributed by atoms with Crippen molar-refractivity contribution in [3.05, 3.63) is 29.3 Å². The Labute approximate surface area is 108 Å². The van der Waals surface area contributed by atoms with Gasteiger partial charge in [-0.2, -0.15) is 0 Å². The van der Waals surface area contributed by atoms with Crippen LogP contribution in [0, 0.1) is 5.92 Å². The van der Waals surface area contributed by atoms with Crippen molar-refractivity contribution in [1.29, 1.82) is 0 Å². The number of phenolic OH excluding ortho intramolecular Hbond substituents is 1. The summed E-state index contributed by atoms with van der Waals surface area (Å²) in [7, 11) is 0. The molecule has 2 atom stereocenters. The van der Waals surface area contributed by atoms with Crippen molar-refractivity contribution in [1.82, 2.24) is 0 Å². The van der Waals surface area contributed by atoms with Gasteiger partial charge in [0.1, 0.15) is 12.0 Å². The normalized spacial score (nSPS) is 14.5. The molecule has 0 aliphatic carbocycles. The predicted molar refractivity (Wildman–Crippen MR) is 72.0 cm³/mol. The molecule has 0 aliphatic rings. The maximum Gasteiger partial charge on any atom is 0.150 e. The summed E-state index contributed by atoms with van der Waals surface area (Å²) in [5.74, 6) is 0.654. The lowest BCUT2D eigenvalue weighted by molar-refractivity contribution is 0.112. The van der Waals surface area contributed by atoms with Crippen LogP contribution in [0.3, 0.4) is 0 Å². The molecule has 18 heavy (non-hydrogen) atoms. The van der Waals surface area contributed by atoms with Gasteiger partial charge in [-0.05, 0) is 36.3 Å². The van der Waals surface area contributed by atoms with Crippen molar-refractivity contribution in [3.63, 3.8) is 0 Å². The van der Waals surface area contributed by atoms with Crippen molar-refractivity contribution >= 4 is 6.29 Å². The summed E-state index contributed by atoms with van der Waals surface area (Å²) in [5, 5.41) is 19.8. The number of carbonyl (C=O) groups is 1. The number of aldehydes is 1. The smallest absolute Gasteiger partial charge is 0.150 e. The van der Waals surface area contributed by atoms with Crippen LogP contribution in [0.2, 0.25) is 0 Å². The third-order valence-electron chi connectivity index (χ3n) is 3.09. The van der Waals surface area contributed by atoms with E-state index in [1.54, 1.807) is 12.1 Å². The number of aromatic hydroxyl groups is 1. The Kier molecular flexibility index (Phi) is 5.35. The lowest BCUT2D eigenvalue weighted by Gasteiger charge is -2.19. The maximum atomic E-state index is 10.6. The van der Waals surface area contributed by atoms with E-state index in [2.05, 4.69) is 13.8 Å². The molecule has 1 aromatic rings. The third kappa shape index (κ3) is 4.15. The monoisotopic (exact) mass is 250 g/mol. The van der Waals surface area contributed by atoms with E-state index in [0.29, 0.717) is 24.2 Å². The first-order chi connectivity index (χ1) is 8.43. The molecule has 0 spiro atoms. The van der Waals surface area contributed by atoms with E-state index in [4.69, 9.17) is 0 Å². The van der Waals surface area contributed by atoms with Crippen molar-refractivity contribution in [2.45, 2.75) is 45.6 Å². The molecular weight excluding hydrogens is 228 g/mol. The first-order valence-electron chi connectivity index (χ1n) is 6.40. The van der Waals surface area contributed by atoms with Crippen LogP contribution in [0.15, 0.2) is 18.2 Å². The molecule has 1 aromatic carbocycles. The highest BCUT2D eigenvalue weighted by Crippen LogP contribution is 2.30. The number of hydrogen-bond donors (Lipinski definition) is 2. The molecule has 100 valence electrons. The molecule has 0 aliphatic heterocycles. The van der Waals surface area contributed by atoms with Gasteiger partial charge in [0.15, 0.2) is 0 Å². The summed E-state index contributed by atoms with van der Waals surface area (Å²) in [6.45, 7) is 6.12. The topological polar surface area (TPSA) is 57.5 Å². The molecule has 0 heterocycles. The minimum atomic E-state index is -0.356. The van der Waals surface area contributed by atoms with Gasteiger partial charge in [-0.25, -0.2) is 0 Å². The van der Waals surface area contributed by atoms with Gasteiger partial charge in [0.25, 0.3) is 0 Å². The minimum absolute atomic E-state index is 0.0689. The first kappa shape index (κ1) is 14.7. The molecular formula is C15H22O3. The molecule has 0 bridgehead atoms. The van der Waals surface area contributed by atoms with Gasteiger partial charge in [0.2, 0.25) is 0 Å². The van der Waals surface area contributed by atoms with E-state index in [1.807, 2.05) is 6.92 Å². The quantitative estimate of drug-likeness (QED) is 0.763. The van der Waals surface area contributed by atoms with E-state index < -0.39 is 0 Å². The standard InChI is InChI=1S/C15H22O3/c1-10(2)6-13(17)7-11(3)14-5-4-12(9-16)8-15(14)18/h4-5,8-11,13,17-18H,6-7H2,1-3H3/t11-,13-/m0/s1. The van der Waals surface area contributed by atoms with Gasteiger partial charge >= 0.3 is 0 Å². The van der Waals surface area contributed by atoms with Crippen LogP contribution in [0.25, 0.3) is 0 Å². The second kappa shape index (κ2) is 6.55. The zero-order valence-electron chi connectivity index (χ0n) is 11.3. The number of aliphatic hydroxyl groups is 1. The Morgan fingerprint density at radius 3 is 2.39 bits per heavy atom. The predicted octanol–water partition coefficient (Wildman–Crippen LogP) is 3.11. The Balaban J connectivity index is 2.72. The average Bonchev–Trinajstić information content (AvgIpc) is 2.27. The number of rotatable bonds is 6. The minimum Gasteiger partial charge on any atom is -0.508 e. The van der Waals surface area contributed by atoms with Crippen LogP contribution in [-0.2, 0) is 0 Å². The zero-order valence-corrected chi connectivity index (χ0v) is 11.3. The Morgan fingerprint density at radius 1 is 1.22 bits per heavy atom. The number of phenols is 1. The number of benzene rings is 1. The van der Waals surface area contributed by atoms with Gasteiger partial charge in [-0.3, -0.25) is 4.79 Å². The molecule has 0 amide bonds. The number of aliphatic hydroxyl groups excluding tert-OH is 1. The van der Waals surface area contributed by atoms with Crippen LogP contribution in [0.5, 0.6) is 5.75 Å². The van der Waals surface area contributed by atoms with Crippen LogP contribution in [0.4, 0.5) is 0 Å². The second-order valence-electron chi connectivity index (χ2n) is 5.36. The summed E-state index contributed by atoms with van der Waals surface area (Å²) in [6.07, 6.45) is 1.73. The Bertz CT molecular complexity index is 399. The molecule has 1 rings (SSSR count). The lowest BCUT2D eigenvalue weighted by Crippen LogP contribution is -2.13. The van der Waals surface area contributed by atoms with Gasteiger partial charge in [0, 0.05) is 5.56 Å². The number of carbonyl (C=O) groups excluding carboxylic acids is 1. The van der Waals surface area contributed by atoms with Gasteiger partial charge < -0.3 is 10.2 Å². The molecule has 0 fully saturated rings. The van der Waals surface area contributed by atoms with Crippen LogP contribution in [0.1, 0.15) is 55.5 Å². The van der Waals surface area contributed by atoms with Crippen molar-refractivity contribution in [3.8, 4) is 5.75 Å². The van der Waals surface area contributed by atoms with E-state index >= 15 is 0 Å². The first-order valence-corrected chi connectivity index (χ1v) is 6.40. The van der Waals surface area contributed by atoms with E-state index in [1.165, 1.54) is 6.07 Å². The van der Waals surface area contributed by atoms with Gasteiger partial charge in [-0.15, -0.1) is 0 Å². The van der Waals surface area contributed by atoms with Crippen LogP contribution < -0.4 is 0 Å². The zero-order chi connectivity index (χ0) is 13.7. The van der Waals surface area contributed by atoms with E-state index in [0.717, 1.165) is 12.0 Å². The summed E-state index contributed by atoms with van der Waals surface area (Å²) in [4.78, 5) is 10.6. The maximum absolute atomic E-state index is 10.6. The molecule has 3 nitrogen and oxygen atoms in total. The summed E-state index contributed by atoms with van der Waals surface area (Å²) in [6, 6.07) is 4.91. The molecule has 0 unspecified atom stereocenters.